The number of piperidine rings is 1. The molecule has 2 aliphatic heterocycles. The average molecular weight is 424 g/mol. The highest BCUT2D eigenvalue weighted by Gasteiger charge is 2.51. The smallest absolute Gasteiger partial charge is 0.251 e. The maximum atomic E-state index is 13.4. The van der Waals surface area contributed by atoms with Gasteiger partial charge in [-0.15, -0.1) is 0 Å². The number of hydrogen-bond acceptors (Lipinski definition) is 3. The Labute approximate surface area is 179 Å². The van der Waals surface area contributed by atoms with Crippen LogP contribution in [0.1, 0.15) is 56.3 Å². The molecule has 3 aliphatic rings. The number of hydrogen-bond donors (Lipinski definition) is 1. The fraction of sp³-hybridized carbons (Fsp3) is 0.696. The van der Waals surface area contributed by atoms with Crippen molar-refractivity contribution < 1.29 is 9.18 Å². The molecule has 1 aliphatic carbocycles. The predicted octanol–water partition coefficient (Wildman–Crippen LogP) is 4.43. The van der Waals surface area contributed by atoms with Gasteiger partial charge in [-0.3, -0.25) is 4.79 Å². The second kappa shape index (κ2) is 10.2. The number of amides is 1. The van der Waals surface area contributed by atoms with Crippen molar-refractivity contribution in [2.45, 2.75) is 46.0 Å². The Bertz CT molecular complexity index is 658. The van der Waals surface area contributed by atoms with Gasteiger partial charge in [-0.05, 0) is 68.3 Å². The number of carbonyl (C=O) groups excluding carboxylic acids is 1. The fourth-order valence-corrected chi connectivity index (χ4v) is 5.34. The monoisotopic (exact) mass is 423 g/mol. The summed E-state index contributed by atoms with van der Waals surface area (Å²) < 4.78 is 13.4. The molecule has 0 unspecified atom stereocenters. The van der Waals surface area contributed by atoms with Crippen LogP contribution < -0.4 is 5.32 Å². The number of nitrogens with one attached hydrogen (secondary N) is 1. The van der Waals surface area contributed by atoms with Crippen LogP contribution in [0.15, 0.2) is 18.2 Å². The molecule has 6 heteroatoms. The highest BCUT2D eigenvalue weighted by Crippen LogP contribution is 2.51. The third kappa shape index (κ3) is 5.93. The molecular formula is C23H35ClFN3O. The molecule has 1 aromatic rings. The average Bonchev–Trinajstić information content (AvgIpc) is 2.66. The Balaban J connectivity index is 0.00000117. The van der Waals surface area contributed by atoms with Crippen LogP contribution in [0.3, 0.4) is 0 Å². The molecule has 0 radical (unpaired) electrons. The third-order valence-electron chi connectivity index (χ3n) is 6.42. The molecule has 1 N–H and O–H groups in total. The van der Waals surface area contributed by atoms with Crippen LogP contribution in [-0.2, 0) is 0 Å². The number of rotatable bonds is 6. The number of halogens is 2. The van der Waals surface area contributed by atoms with Crippen molar-refractivity contribution in [3.05, 3.63) is 34.6 Å². The second-order valence-electron chi connectivity index (χ2n) is 8.76. The first kappa shape index (κ1) is 22.5. The summed E-state index contributed by atoms with van der Waals surface area (Å²) in [6.07, 6.45) is 6.50. The molecule has 2 saturated heterocycles. The number of nitrogens with zero attached hydrogens (tertiary/aromatic N) is 2. The zero-order valence-corrected chi connectivity index (χ0v) is 18.6. The van der Waals surface area contributed by atoms with E-state index in [4.69, 9.17) is 11.6 Å². The number of carbonyl (C=O) groups is 1. The maximum absolute atomic E-state index is 13.4. The SMILES string of the molecule is CC.O=C(NCC1CC2(C1)CN(CCN1CCCCC1)C2)c1cc(F)cc(Cl)c1. The maximum Gasteiger partial charge on any atom is 0.251 e. The molecule has 1 aromatic carbocycles. The molecule has 1 saturated carbocycles. The van der Waals surface area contributed by atoms with Crippen molar-refractivity contribution in [1.29, 1.82) is 0 Å². The molecule has 4 nitrogen and oxygen atoms in total. The minimum atomic E-state index is -0.477. The first-order chi connectivity index (χ1) is 14.0. The van der Waals surface area contributed by atoms with Gasteiger partial charge in [0.2, 0.25) is 0 Å². The molecule has 162 valence electrons. The van der Waals surface area contributed by atoms with E-state index >= 15 is 0 Å². The van der Waals surface area contributed by atoms with Crippen molar-refractivity contribution in [2.24, 2.45) is 11.3 Å². The van der Waals surface area contributed by atoms with E-state index in [0.717, 1.165) is 0 Å². The van der Waals surface area contributed by atoms with Crippen molar-refractivity contribution in [2.75, 3.05) is 45.8 Å². The van der Waals surface area contributed by atoms with Gasteiger partial charge in [0.1, 0.15) is 5.82 Å². The summed E-state index contributed by atoms with van der Waals surface area (Å²) in [5, 5.41) is 3.19. The van der Waals surface area contributed by atoms with Crippen LogP contribution in [0.5, 0.6) is 0 Å². The molecule has 0 aromatic heterocycles. The van der Waals surface area contributed by atoms with E-state index in [1.807, 2.05) is 13.8 Å². The van der Waals surface area contributed by atoms with Gasteiger partial charge in [0, 0.05) is 43.3 Å². The molecule has 4 rings (SSSR count). The molecule has 0 atom stereocenters. The summed E-state index contributed by atoms with van der Waals surface area (Å²) in [5.41, 5.74) is 0.793. The van der Waals surface area contributed by atoms with Gasteiger partial charge in [0.05, 0.1) is 0 Å². The van der Waals surface area contributed by atoms with Gasteiger partial charge >= 0.3 is 0 Å². The lowest BCUT2D eigenvalue weighted by Crippen LogP contribution is -2.64. The Morgan fingerprint density at radius 1 is 1.10 bits per heavy atom. The van der Waals surface area contributed by atoms with Crippen LogP contribution >= 0.6 is 11.6 Å². The number of likely N-dealkylation sites (tertiary alicyclic amines) is 2. The van der Waals surface area contributed by atoms with Crippen LogP contribution in [0, 0.1) is 17.2 Å². The van der Waals surface area contributed by atoms with Gasteiger partial charge < -0.3 is 15.1 Å². The molecule has 1 spiro atoms. The zero-order valence-electron chi connectivity index (χ0n) is 17.9. The van der Waals surface area contributed by atoms with E-state index in [1.54, 1.807) is 0 Å². The van der Waals surface area contributed by atoms with E-state index in [-0.39, 0.29) is 10.9 Å². The van der Waals surface area contributed by atoms with Gasteiger partial charge in [0.25, 0.3) is 5.91 Å². The Hall–Kier alpha value is -1.17. The highest BCUT2D eigenvalue weighted by molar-refractivity contribution is 6.31. The van der Waals surface area contributed by atoms with E-state index in [1.165, 1.54) is 89.6 Å². The standard InChI is InChI=1S/C21H29ClFN3O.C2H6/c22-18-8-17(9-19(23)10-18)20(27)24-13-16-11-21(12-16)14-26(15-21)7-6-25-4-2-1-3-5-25;1-2/h8-10,16H,1-7,11-15H2,(H,24,27);1-2H3. The Kier molecular flexibility index (Phi) is 7.94. The van der Waals surface area contributed by atoms with Gasteiger partial charge in [-0.2, -0.15) is 0 Å². The van der Waals surface area contributed by atoms with Crippen molar-refractivity contribution >= 4 is 17.5 Å². The van der Waals surface area contributed by atoms with Crippen molar-refractivity contribution in [3.63, 3.8) is 0 Å². The van der Waals surface area contributed by atoms with Crippen molar-refractivity contribution in [3.8, 4) is 0 Å². The summed E-state index contributed by atoms with van der Waals surface area (Å²) in [7, 11) is 0. The third-order valence-corrected chi connectivity index (χ3v) is 6.64. The van der Waals surface area contributed by atoms with Crippen LogP contribution in [0.2, 0.25) is 5.02 Å². The molecule has 3 fully saturated rings. The molecule has 2 heterocycles. The van der Waals surface area contributed by atoms with Gasteiger partial charge in [0.15, 0.2) is 0 Å². The largest absolute Gasteiger partial charge is 0.352 e. The van der Waals surface area contributed by atoms with Gasteiger partial charge in [-0.1, -0.05) is 31.9 Å². The van der Waals surface area contributed by atoms with E-state index in [2.05, 4.69) is 15.1 Å². The summed E-state index contributed by atoms with van der Waals surface area (Å²) in [6, 6.07) is 3.95. The predicted molar refractivity (Wildman–Crippen MR) is 117 cm³/mol. The summed E-state index contributed by atoms with van der Waals surface area (Å²) in [4.78, 5) is 17.4. The number of benzene rings is 1. The quantitative estimate of drug-likeness (QED) is 0.735. The van der Waals surface area contributed by atoms with Crippen LogP contribution in [-0.4, -0.2) is 61.5 Å². The zero-order chi connectivity index (χ0) is 20.9. The second-order valence-corrected chi connectivity index (χ2v) is 9.19. The Morgan fingerprint density at radius 2 is 1.76 bits per heavy atom. The van der Waals surface area contributed by atoms with Crippen molar-refractivity contribution in [1.82, 2.24) is 15.1 Å². The normalized spacial score (nSPS) is 21.7. The van der Waals surface area contributed by atoms with Crippen LogP contribution in [0.4, 0.5) is 4.39 Å². The lowest BCUT2D eigenvalue weighted by molar-refractivity contribution is -0.0947. The van der Waals surface area contributed by atoms with E-state index < -0.39 is 5.82 Å². The first-order valence-corrected chi connectivity index (χ1v) is 11.6. The molecular weight excluding hydrogens is 389 g/mol. The topological polar surface area (TPSA) is 35.6 Å². The summed E-state index contributed by atoms with van der Waals surface area (Å²) in [5.74, 6) is -0.175. The highest BCUT2D eigenvalue weighted by atomic mass is 35.5. The van der Waals surface area contributed by atoms with Gasteiger partial charge in [-0.25, -0.2) is 4.39 Å². The lowest BCUT2D eigenvalue weighted by Gasteiger charge is -2.59. The van der Waals surface area contributed by atoms with E-state index in [0.29, 0.717) is 23.4 Å². The fourth-order valence-electron chi connectivity index (χ4n) is 5.12. The minimum absolute atomic E-state index is 0.242. The minimum Gasteiger partial charge on any atom is -0.352 e. The summed E-state index contributed by atoms with van der Waals surface area (Å²) >= 11 is 5.82. The van der Waals surface area contributed by atoms with E-state index in [9.17, 15) is 9.18 Å². The van der Waals surface area contributed by atoms with Crippen LogP contribution in [0.25, 0.3) is 0 Å². The first-order valence-electron chi connectivity index (χ1n) is 11.2. The molecule has 1 amide bonds. The molecule has 0 bridgehead atoms. The lowest BCUT2D eigenvalue weighted by atomic mass is 9.57. The Morgan fingerprint density at radius 3 is 2.41 bits per heavy atom. The summed E-state index contributed by atoms with van der Waals surface area (Å²) in [6.45, 7) is 12.1. The molecule has 29 heavy (non-hydrogen) atoms.